The van der Waals surface area contributed by atoms with Crippen molar-refractivity contribution in [3.8, 4) is 5.75 Å². The summed E-state index contributed by atoms with van der Waals surface area (Å²) in [6, 6.07) is 10.7. The highest BCUT2D eigenvalue weighted by molar-refractivity contribution is 7.14. The normalized spacial score (nSPS) is 11.2. The summed E-state index contributed by atoms with van der Waals surface area (Å²) in [4.78, 5) is 29.2. The zero-order chi connectivity index (χ0) is 21.2. The zero-order valence-electron chi connectivity index (χ0n) is 14.2. The third-order valence-electron chi connectivity index (χ3n) is 3.54. The molecule has 1 heterocycles. The first kappa shape index (κ1) is 20.6. The van der Waals surface area contributed by atoms with Gasteiger partial charge >= 0.3 is 12.3 Å². The number of halogens is 4. The number of alkyl halides is 3. The monoisotopic (exact) mass is 442 g/mol. The number of benzene rings is 2. The zero-order valence-corrected chi connectivity index (χ0v) is 15.8. The lowest BCUT2D eigenvalue weighted by atomic mass is 10.2. The molecule has 6 nitrogen and oxygen atoms in total. The minimum atomic E-state index is -4.86. The van der Waals surface area contributed by atoms with E-state index in [1.165, 1.54) is 29.6 Å². The SMILES string of the molecule is O=C(O)c1csc(N(C(=O)c2ccccc2Cl)c2ccc(OC(F)(F)F)cc2)n1. The Hall–Kier alpha value is -3.11. The Kier molecular flexibility index (Phi) is 5.76. The fourth-order valence-electron chi connectivity index (χ4n) is 2.33. The Morgan fingerprint density at radius 3 is 2.31 bits per heavy atom. The van der Waals surface area contributed by atoms with Gasteiger partial charge < -0.3 is 9.84 Å². The molecule has 0 bridgehead atoms. The molecule has 0 radical (unpaired) electrons. The molecule has 0 aliphatic heterocycles. The maximum absolute atomic E-state index is 13.1. The Balaban J connectivity index is 2.04. The number of hydrogen-bond donors (Lipinski definition) is 1. The summed E-state index contributed by atoms with van der Waals surface area (Å²) < 4.78 is 40.9. The molecule has 3 rings (SSSR count). The number of amides is 1. The van der Waals surface area contributed by atoms with Gasteiger partial charge in [-0.1, -0.05) is 23.7 Å². The summed E-state index contributed by atoms with van der Waals surface area (Å²) >= 11 is 6.97. The van der Waals surface area contributed by atoms with Gasteiger partial charge in [-0.2, -0.15) is 0 Å². The van der Waals surface area contributed by atoms with Crippen molar-refractivity contribution in [2.45, 2.75) is 6.36 Å². The second kappa shape index (κ2) is 8.10. The van der Waals surface area contributed by atoms with Crippen LogP contribution in [0.15, 0.2) is 53.9 Å². The van der Waals surface area contributed by atoms with Crippen molar-refractivity contribution in [2.75, 3.05) is 4.90 Å². The highest BCUT2D eigenvalue weighted by Gasteiger charge is 2.31. The standard InChI is InChI=1S/C18H10ClF3N2O4S/c19-13-4-2-1-3-12(13)15(25)24(17-23-14(9-29-17)16(26)27)10-5-7-11(8-6-10)28-18(20,21)22/h1-9H,(H,26,27). The van der Waals surface area contributed by atoms with E-state index < -0.39 is 24.0 Å². The van der Waals surface area contributed by atoms with Gasteiger partial charge in [-0.15, -0.1) is 24.5 Å². The molecule has 29 heavy (non-hydrogen) atoms. The summed E-state index contributed by atoms with van der Waals surface area (Å²) in [5.41, 5.74) is -0.0217. The van der Waals surface area contributed by atoms with Gasteiger partial charge in [0.15, 0.2) is 10.8 Å². The van der Waals surface area contributed by atoms with E-state index in [1.807, 2.05) is 0 Å². The van der Waals surface area contributed by atoms with Crippen LogP contribution in [-0.2, 0) is 0 Å². The van der Waals surface area contributed by atoms with Crippen molar-refractivity contribution >= 4 is 45.6 Å². The maximum Gasteiger partial charge on any atom is 0.573 e. The van der Waals surface area contributed by atoms with E-state index in [-0.39, 0.29) is 27.1 Å². The van der Waals surface area contributed by atoms with Gasteiger partial charge in [0.25, 0.3) is 5.91 Å². The van der Waals surface area contributed by atoms with Crippen LogP contribution in [-0.4, -0.2) is 28.3 Å². The molecule has 0 saturated carbocycles. The quantitative estimate of drug-likeness (QED) is 0.574. The second-order valence-electron chi connectivity index (χ2n) is 5.48. The molecular formula is C18H10ClF3N2O4S. The summed E-state index contributed by atoms with van der Waals surface area (Å²) in [7, 11) is 0. The second-order valence-corrected chi connectivity index (χ2v) is 6.73. The number of carboxylic acid groups (broad SMARTS) is 1. The molecule has 1 N–H and O–H groups in total. The number of aromatic nitrogens is 1. The van der Waals surface area contributed by atoms with Crippen LogP contribution in [0.5, 0.6) is 5.75 Å². The van der Waals surface area contributed by atoms with Gasteiger partial charge in [0.1, 0.15) is 5.75 Å². The highest BCUT2D eigenvalue weighted by Crippen LogP contribution is 2.33. The lowest BCUT2D eigenvalue weighted by molar-refractivity contribution is -0.274. The van der Waals surface area contributed by atoms with Gasteiger partial charge in [-0.25, -0.2) is 9.78 Å². The molecule has 0 saturated heterocycles. The van der Waals surface area contributed by atoms with Crippen LogP contribution in [0.2, 0.25) is 5.02 Å². The summed E-state index contributed by atoms with van der Waals surface area (Å²) in [5.74, 6) is -2.39. The maximum atomic E-state index is 13.1. The van der Waals surface area contributed by atoms with Crippen LogP contribution in [0.4, 0.5) is 24.0 Å². The fourth-order valence-corrected chi connectivity index (χ4v) is 3.36. The van der Waals surface area contributed by atoms with Crippen LogP contribution in [0.1, 0.15) is 20.8 Å². The Morgan fingerprint density at radius 2 is 1.76 bits per heavy atom. The Bertz CT molecular complexity index is 1050. The van der Waals surface area contributed by atoms with Gasteiger partial charge in [0.2, 0.25) is 0 Å². The van der Waals surface area contributed by atoms with Crippen molar-refractivity contribution < 1.29 is 32.6 Å². The van der Waals surface area contributed by atoms with Crippen LogP contribution in [0, 0.1) is 0 Å². The summed E-state index contributed by atoms with van der Waals surface area (Å²) in [6.45, 7) is 0. The summed E-state index contributed by atoms with van der Waals surface area (Å²) in [6.07, 6.45) is -4.86. The lowest BCUT2D eigenvalue weighted by Crippen LogP contribution is -2.26. The van der Waals surface area contributed by atoms with E-state index in [2.05, 4.69) is 9.72 Å². The van der Waals surface area contributed by atoms with Crippen molar-refractivity contribution in [1.82, 2.24) is 4.98 Å². The van der Waals surface area contributed by atoms with Crippen molar-refractivity contribution in [3.05, 3.63) is 70.2 Å². The molecule has 1 aromatic heterocycles. The molecule has 0 unspecified atom stereocenters. The first-order valence-corrected chi connectivity index (χ1v) is 9.05. The number of anilines is 2. The largest absolute Gasteiger partial charge is 0.573 e. The predicted molar refractivity (Wildman–Crippen MR) is 100 cm³/mol. The fraction of sp³-hybridized carbons (Fsp3) is 0.0556. The van der Waals surface area contributed by atoms with Crippen LogP contribution in [0.3, 0.4) is 0 Å². The van der Waals surface area contributed by atoms with Crippen molar-refractivity contribution in [2.24, 2.45) is 0 Å². The van der Waals surface area contributed by atoms with E-state index >= 15 is 0 Å². The molecular weight excluding hydrogens is 433 g/mol. The molecule has 3 aromatic rings. The average molecular weight is 443 g/mol. The van der Waals surface area contributed by atoms with Crippen LogP contribution in [0.25, 0.3) is 0 Å². The predicted octanol–water partition coefficient (Wildman–Crippen LogP) is 5.37. The van der Waals surface area contributed by atoms with Crippen molar-refractivity contribution in [1.29, 1.82) is 0 Å². The van der Waals surface area contributed by atoms with E-state index in [4.69, 9.17) is 16.7 Å². The minimum absolute atomic E-state index is 0.0109. The van der Waals surface area contributed by atoms with Gasteiger partial charge in [-0.05, 0) is 36.4 Å². The number of carbonyl (C=O) groups is 2. The number of ether oxygens (including phenoxy) is 1. The molecule has 150 valence electrons. The Labute approximate surface area is 170 Å². The number of rotatable bonds is 5. The number of carboxylic acids is 1. The molecule has 0 spiro atoms. The Morgan fingerprint density at radius 1 is 1.10 bits per heavy atom. The van der Waals surface area contributed by atoms with E-state index in [0.29, 0.717) is 0 Å². The molecule has 2 aromatic carbocycles. The molecule has 0 aliphatic carbocycles. The number of hydrogen-bond acceptors (Lipinski definition) is 5. The number of carbonyl (C=O) groups excluding carboxylic acids is 1. The van der Waals surface area contributed by atoms with Gasteiger partial charge in [0.05, 0.1) is 16.3 Å². The highest BCUT2D eigenvalue weighted by atomic mass is 35.5. The van der Waals surface area contributed by atoms with Crippen molar-refractivity contribution in [3.63, 3.8) is 0 Å². The molecule has 0 aliphatic rings. The molecule has 0 fully saturated rings. The third kappa shape index (κ3) is 4.84. The number of aromatic carboxylic acids is 1. The first-order chi connectivity index (χ1) is 13.7. The van der Waals surface area contributed by atoms with Crippen LogP contribution >= 0.6 is 22.9 Å². The topological polar surface area (TPSA) is 79.7 Å². The number of thiazole rings is 1. The van der Waals surface area contributed by atoms with Crippen LogP contribution < -0.4 is 9.64 Å². The van der Waals surface area contributed by atoms with E-state index in [0.717, 1.165) is 28.4 Å². The smallest absolute Gasteiger partial charge is 0.476 e. The molecule has 1 amide bonds. The van der Waals surface area contributed by atoms with E-state index in [9.17, 15) is 22.8 Å². The number of nitrogens with zero attached hydrogens (tertiary/aromatic N) is 2. The van der Waals surface area contributed by atoms with E-state index in [1.54, 1.807) is 12.1 Å². The van der Waals surface area contributed by atoms with Gasteiger partial charge in [0, 0.05) is 5.38 Å². The first-order valence-electron chi connectivity index (χ1n) is 7.79. The summed E-state index contributed by atoms with van der Waals surface area (Å²) in [5, 5.41) is 10.5. The molecule has 0 atom stereocenters. The minimum Gasteiger partial charge on any atom is -0.476 e. The molecule has 11 heteroatoms. The average Bonchev–Trinajstić information content (AvgIpc) is 3.12. The lowest BCUT2D eigenvalue weighted by Gasteiger charge is -2.21. The van der Waals surface area contributed by atoms with Gasteiger partial charge in [-0.3, -0.25) is 9.69 Å². The third-order valence-corrected chi connectivity index (χ3v) is 4.69.